The summed E-state index contributed by atoms with van der Waals surface area (Å²) in [5.74, 6) is 1.19. The van der Waals surface area contributed by atoms with Crippen molar-refractivity contribution in [3.8, 4) is 17.2 Å². The van der Waals surface area contributed by atoms with Crippen LogP contribution in [0.1, 0.15) is 19.3 Å². The van der Waals surface area contributed by atoms with E-state index < -0.39 is 22.1 Å². The van der Waals surface area contributed by atoms with E-state index in [1.165, 1.54) is 22.5 Å². The van der Waals surface area contributed by atoms with Gasteiger partial charge in [-0.05, 0) is 49.6 Å². The van der Waals surface area contributed by atoms with Crippen molar-refractivity contribution in [3.05, 3.63) is 59.1 Å². The van der Waals surface area contributed by atoms with Crippen molar-refractivity contribution in [2.45, 2.75) is 36.2 Å². The van der Waals surface area contributed by atoms with Crippen molar-refractivity contribution in [3.63, 3.8) is 0 Å². The van der Waals surface area contributed by atoms with Crippen molar-refractivity contribution in [2.75, 3.05) is 33.9 Å². The second-order valence-corrected chi connectivity index (χ2v) is 11.7. The summed E-state index contributed by atoms with van der Waals surface area (Å²) in [6.45, 7) is 4.81. The summed E-state index contributed by atoms with van der Waals surface area (Å²) in [5, 5.41) is 0.429. The number of rotatable bonds is 9. The number of nitrogens with zero attached hydrogens (tertiary/aromatic N) is 2. The van der Waals surface area contributed by atoms with Gasteiger partial charge in [0.2, 0.25) is 15.9 Å². The summed E-state index contributed by atoms with van der Waals surface area (Å²) in [7, 11) is -0.955. The molecule has 0 aliphatic carbocycles. The molecule has 2 bridgehead atoms. The predicted molar refractivity (Wildman–Crippen MR) is 142 cm³/mol. The van der Waals surface area contributed by atoms with Crippen LogP contribution in [-0.4, -0.2) is 69.5 Å². The lowest BCUT2D eigenvalue weighted by atomic mass is 9.90. The van der Waals surface area contributed by atoms with Gasteiger partial charge in [0.1, 0.15) is 18.4 Å². The zero-order valence-electron chi connectivity index (χ0n) is 20.7. The maximum atomic E-state index is 13.8. The smallest absolute Gasteiger partial charge is 0.244 e. The number of halogens is 2. The summed E-state index contributed by atoms with van der Waals surface area (Å²) in [5.41, 5.74) is 0. The first kappa shape index (κ1) is 27.6. The average Bonchev–Trinajstić information content (AvgIpc) is 2.95. The van der Waals surface area contributed by atoms with Crippen LogP contribution in [-0.2, 0) is 14.8 Å². The average molecular weight is 570 g/mol. The molecule has 2 aromatic carbocycles. The number of piperidine rings is 1. The Balaban J connectivity index is 1.57. The third kappa shape index (κ3) is 5.70. The van der Waals surface area contributed by atoms with Crippen LogP contribution >= 0.6 is 23.2 Å². The van der Waals surface area contributed by atoms with Gasteiger partial charge in [-0.15, -0.1) is 6.58 Å². The van der Waals surface area contributed by atoms with Gasteiger partial charge in [-0.3, -0.25) is 4.79 Å². The molecular formula is C26H30Cl2N2O6S. The van der Waals surface area contributed by atoms with Crippen LogP contribution < -0.4 is 14.2 Å². The van der Waals surface area contributed by atoms with Crippen molar-refractivity contribution < 1.29 is 27.4 Å². The van der Waals surface area contributed by atoms with E-state index in [0.717, 1.165) is 6.42 Å². The quantitative estimate of drug-likeness (QED) is 0.409. The van der Waals surface area contributed by atoms with Crippen LogP contribution in [0.4, 0.5) is 0 Å². The van der Waals surface area contributed by atoms with Crippen LogP contribution in [0.3, 0.4) is 0 Å². The largest absolute Gasteiger partial charge is 0.493 e. The van der Waals surface area contributed by atoms with Crippen molar-refractivity contribution in [1.82, 2.24) is 9.21 Å². The SMILES string of the molecule is C=CC1CN(CCOc2ccc(OC)c(OC)c2)C(=O)C2CCCC1N2S(=O)(=O)c1cc(Cl)cc(Cl)c1. The highest BCUT2D eigenvalue weighted by Gasteiger charge is 2.49. The summed E-state index contributed by atoms with van der Waals surface area (Å²) >= 11 is 12.2. The van der Waals surface area contributed by atoms with Crippen molar-refractivity contribution >= 4 is 39.1 Å². The Labute approximate surface area is 227 Å². The predicted octanol–water partition coefficient (Wildman–Crippen LogP) is 4.65. The van der Waals surface area contributed by atoms with E-state index in [2.05, 4.69) is 6.58 Å². The van der Waals surface area contributed by atoms with E-state index >= 15 is 0 Å². The Morgan fingerprint density at radius 2 is 1.76 bits per heavy atom. The molecule has 3 atom stereocenters. The zero-order chi connectivity index (χ0) is 26.7. The molecular weight excluding hydrogens is 539 g/mol. The molecule has 0 saturated carbocycles. The number of hydrogen-bond donors (Lipinski definition) is 0. The number of fused-ring (bicyclic) bond motifs is 2. The molecule has 3 unspecified atom stereocenters. The molecule has 200 valence electrons. The lowest BCUT2D eigenvalue weighted by Gasteiger charge is -2.40. The molecule has 2 aliphatic heterocycles. The molecule has 2 aromatic rings. The van der Waals surface area contributed by atoms with Crippen LogP contribution in [0.25, 0.3) is 0 Å². The molecule has 2 saturated heterocycles. The monoisotopic (exact) mass is 568 g/mol. The van der Waals surface area contributed by atoms with E-state index in [9.17, 15) is 13.2 Å². The maximum Gasteiger partial charge on any atom is 0.244 e. The summed E-state index contributed by atoms with van der Waals surface area (Å²) in [6, 6.07) is 8.20. The molecule has 0 aromatic heterocycles. The minimum Gasteiger partial charge on any atom is -0.493 e. The molecule has 11 heteroatoms. The molecule has 2 heterocycles. The van der Waals surface area contributed by atoms with E-state index in [0.29, 0.717) is 36.6 Å². The van der Waals surface area contributed by atoms with E-state index in [1.54, 1.807) is 43.4 Å². The third-order valence-electron chi connectivity index (χ3n) is 6.83. The van der Waals surface area contributed by atoms with E-state index in [4.69, 9.17) is 37.4 Å². The highest BCUT2D eigenvalue weighted by molar-refractivity contribution is 7.89. The van der Waals surface area contributed by atoms with Crippen molar-refractivity contribution in [1.29, 1.82) is 0 Å². The summed E-state index contributed by atoms with van der Waals surface area (Å²) in [4.78, 5) is 15.4. The Bertz CT molecular complexity index is 1250. The molecule has 1 amide bonds. The van der Waals surface area contributed by atoms with Gasteiger partial charge in [-0.1, -0.05) is 29.3 Å². The molecule has 4 rings (SSSR count). The van der Waals surface area contributed by atoms with Gasteiger partial charge in [0.05, 0.1) is 25.7 Å². The van der Waals surface area contributed by atoms with Crippen LogP contribution in [0, 0.1) is 5.92 Å². The van der Waals surface area contributed by atoms with Crippen LogP contribution in [0.15, 0.2) is 53.9 Å². The number of methoxy groups -OCH3 is 2. The highest BCUT2D eigenvalue weighted by Crippen LogP contribution is 2.38. The Morgan fingerprint density at radius 3 is 2.41 bits per heavy atom. The zero-order valence-corrected chi connectivity index (χ0v) is 23.1. The van der Waals surface area contributed by atoms with Gasteiger partial charge in [0, 0.05) is 34.6 Å². The molecule has 0 N–H and O–H groups in total. The van der Waals surface area contributed by atoms with E-state index in [-0.39, 0.29) is 39.9 Å². The van der Waals surface area contributed by atoms with Gasteiger partial charge in [-0.25, -0.2) is 8.42 Å². The summed E-state index contributed by atoms with van der Waals surface area (Å²) in [6.07, 6.45) is 3.54. The third-order valence-corrected chi connectivity index (χ3v) is 9.18. The molecule has 0 radical (unpaired) electrons. The highest BCUT2D eigenvalue weighted by atomic mass is 35.5. The van der Waals surface area contributed by atoms with Crippen LogP contribution in [0.2, 0.25) is 10.0 Å². The second kappa shape index (κ2) is 11.5. The number of hydrogen-bond acceptors (Lipinski definition) is 6. The first-order valence-corrected chi connectivity index (χ1v) is 14.1. The first-order valence-electron chi connectivity index (χ1n) is 12.0. The van der Waals surface area contributed by atoms with Crippen molar-refractivity contribution in [2.24, 2.45) is 5.92 Å². The molecule has 0 spiro atoms. The van der Waals surface area contributed by atoms with Gasteiger partial charge in [0.25, 0.3) is 0 Å². The van der Waals surface area contributed by atoms with Gasteiger partial charge in [-0.2, -0.15) is 4.31 Å². The Morgan fingerprint density at radius 1 is 1.05 bits per heavy atom. The topological polar surface area (TPSA) is 85.4 Å². The lowest BCUT2D eigenvalue weighted by molar-refractivity contribution is -0.135. The number of carbonyl (C=O) groups is 1. The standard InChI is InChI=1S/C26H30Cl2N2O6S/c1-4-17-16-29(10-11-36-20-8-9-24(34-2)25(15-20)35-3)26(31)23-7-5-6-22(17)30(23)37(32,33)21-13-18(27)12-19(28)14-21/h4,8-9,12-15,17,22-23H,1,5-7,10-11,16H2,2-3H3. The molecule has 2 fully saturated rings. The number of ether oxygens (including phenoxy) is 3. The molecule has 2 aliphatic rings. The minimum atomic E-state index is -4.05. The number of carbonyl (C=O) groups excluding carboxylic acids is 1. The Hall–Kier alpha value is -2.46. The molecule has 8 nitrogen and oxygen atoms in total. The van der Waals surface area contributed by atoms with Gasteiger partial charge in [0.15, 0.2) is 11.5 Å². The lowest BCUT2D eigenvalue weighted by Crippen LogP contribution is -2.54. The second-order valence-electron chi connectivity index (χ2n) is 9.00. The maximum absolute atomic E-state index is 13.8. The number of benzene rings is 2. The first-order chi connectivity index (χ1) is 17.7. The number of sulfonamides is 1. The normalized spacial score (nSPS) is 22.3. The van der Waals surface area contributed by atoms with Gasteiger partial charge >= 0.3 is 0 Å². The number of amides is 1. The van der Waals surface area contributed by atoms with E-state index in [1.807, 2.05) is 0 Å². The fourth-order valence-corrected chi connectivity index (χ4v) is 7.68. The van der Waals surface area contributed by atoms with Gasteiger partial charge < -0.3 is 19.1 Å². The molecule has 37 heavy (non-hydrogen) atoms. The summed E-state index contributed by atoms with van der Waals surface area (Å²) < 4.78 is 45.5. The minimum absolute atomic E-state index is 0.0252. The van der Waals surface area contributed by atoms with Crippen LogP contribution in [0.5, 0.6) is 17.2 Å². The fourth-order valence-electron chi connectivity index (χ4n) is 5.08. The Kier molecular flexibility index (Phi) is 8.58. The fraction of sp³-hybridized carbons (Fsp3) is 0.423.